The van der Waals surface area contributed by atoms with Crippen molar-refractivity contribution in [2.75, 3.05) is 30.9 Å². The summed E-state index contributed by atoms with van der Waals surface area (Å²) in [5.41, 5.74) is 5.22. The van der Waals surface area contributed by atoms with Gasteiger partial charge in [0, 0.05) is 32.9 Å². The Bertz CT molecular complexity index is 911. The summed E-state index contributed by atoms with van der Waals surface area (Å²) in [5, 5.41) is 3.71. The summed E-state index contributed by atoms with van der Waals surface area (Å²) in [5.74, 6) is -0.554. The quantitative estimate of drug-likeness (QED) is 0.646. The smallest absolute Gasteiger partial charge is 0.330 e. The van der Waals surface area contributed by atoms with Crippen molar-refractivity contribution in [3.63, 3.8) is 0 Å². The van der Waals surface area contributed by atoms with E-state index in [-0.39, 0.29) is 29.7 Å². The number of nitrogens with two attached hydrogens (primary N) is 1. The number of hydrogen-bond acceptors (Lipinski definition) is 7. The molecule has 2 heterocycles. The molecular weight excluding hydrogens is 354 g/mol. The third-order valence-corrected chi connectivity index (χ3v) is 3.85. The highest BCUT2D eigenvalue weighted by Gasteiger charge is 2.27. The predicted octanol–water partition coefficient (Wildman–Crippen LogP) is 0.755. The normalized spacial score (nSPS) is 11.1. The summed E-state index contributed by atoms with van der Waals surface area (Å²) in [7, 11) is 1.54. The highest BCUT2D eigenvalue weighted by molar-refractivity contribution is 6.05. The van der Waals surface area contributed by atoms with E-state index in [0.717, 1.165) is 0 Å². The molecule has 0 saturated carbocycles. The Hall–Kier alpha value is -2.88. The van der Waals surface area contributed by atoms with Crippen molar-refractivity contribution >= 4 is 17.4 Å². The third kappa shape index (κ3) is 4.64. The number of rotatable bonds is 8. The molecule has 0 aliphatic rings. The summed E-state index contributed by atoms with van der Waals surface area (Å²) in [4.78, 5) is 41.0. The first kappa shape index (κ1) is 20.4. The Morgan fingerprint density at radius 2 is 2.15 bits per heavy atom. The molecule has 10 nitrogen and oxygen atoms in total. The van der Waals surface area contributed by atoms with Crippen molar-refractivity contribution in [1.29, 1.82) is 0 Å². The number of methoxy groups -OCH3 is 1. The van der Waals surface area contributed by atoms with Gasteiger partial charge in [0.25, 0.3) is 11.5 Å². The van der Waals surface area contributed by atoms with E-state index in [0.29, 0.717) is 25.3 Å². The molecule has 0 fully saturated rings. The van der Waals surface area contributed by atoms with E-state index in [1.165, 1.54) is 22.6 Å². The minimum Gasteiger partial charge on any atom is -0.385 e. The van der Waals surface area contributed by atoms with Crippen molar-refractivity contribution in [3.8, 4) is 0 Å². The van der Waals surface area contributed by atoms with E-state index >= 15 is 0 Å². The molecule has 0 atom stereocenters. The number of amides is 1. The summed E-state index contributed by atoms with van der Waals surface area (Å²) in [6.45, 7) is 6.34. The molecule has 2 aromatic rings. The molecule has 10 heteroatoms. The van der Waals surface area contributed by atoms with Crippen molar-refractivity contribution in [2.24, 2.45) is 5.92 Å². The Kier molecular flexibility index (Phi) is 6.56. The molecule has 0 radical (unpaired) electrons. The first-order valence-corrected chi connectivity index (χ1v) is 8.63. The van der Waals surface area contributed by atoms with Crippen molar-refractivity contribution in [3.05, 3.63) is 38.4 Å². The van der Waals surface area contributed by atoms with Crippen LogP contribution in [0, 0.1) is 12.8 Å². The minimum absolute atomic E-state index is 0.0228. The van der Waals surface area contributed by atoms with Crippen LogP contribution in [0.3, 0.4) is 0 Å². The molecule has 2 rings (SSSR count). The van der Waals surface area contributed by atoms with E-state index in [4.69, 9.17) is 15.0 Å². The van der Waals surface area contributed by atoms with Gasteiger partial charge in [-0.25, -0.2) is 4.79 Å². The molecular formula is C17H25N5O5. The Labute approximate surface area is 155 Å². The fourth-order valence-corrected chi connectivity index (χ4v) is 2.66. The number of carbonyl (C=O) groups is 1. The summed E-state index contributed by atoms with van der Waals surface area (Å²) in [6, 6.07) is 1.47. The Morgan fingerprint density at radius 3 is 2.70 bits per heavy atom. The van der Waals surface area contributed by atoms with Gasteiger partial charge in [-0.1, -0.05) is 19.0 Å². The number of nitrogens with zero attached hydrogens (tertiary/aromatic N) is 3. The molecule has 1 amide bonds. The molecule has 27 heavy (non-hydrogen) atoms. The van der Waals surface area contributed by atoms with E-state index in [1.807, 2.05) is 13.8 Å². The standard InChI is InChI=1S/C17H25N5O5/c1-10(2)9-22-14(18)13(15(23)19-17(22)25)21(6-5-7-26-4)16(24)12-8-11(3)20-27-12/h8,10H,5-7,9,18H2,1-4H3,(H,19,23,25). The van der Waals surface area contributed by atoms with Crippen LogP contribution in [0.15, 0.2) is 20.2 Å². The van der Waals surface area contributed by atoms with Crippen LogP contribution in [0.5, 0.6) is 0 Å². The number of aryl methyl sites for hydroxylation is 1. The van der Waals surface area contributed by atoms with Gasteiger partial charge < -0.3 is 15.0 Å². The van der Waals surface area contributed by atoms with Gasteiger partial charge in [0.05, 0.1) is 5.69 Å². The lowest BCUT2D eigenvalue weighted by Gasteiger charge is -2.23. The van der Waals surface area contributed by atoms with Gasteiger partial charge in [0.15, 0.2) is 5.69 Å². The molecule has 2 aromatic heterocycles. The summed E-state index contributed by atoms with van der Waals surface area (Å²) >= 11 is 0. The number of nitrogens with one attached hydrogen (secondary N) is 1. The molecule has 148 valence electrons. The summed E-state index contributed by atoms with van der Waals surface area (Å²) in [6.07, 6.45) is 0.456. The average molecular weight is 379 g/mol. The number of aromatic nitrogens is 3. The lowest BCUT2D eigenvalue weighted by molar-refractivity contribution is 0.0947. The summed E-state index contributed by atoms with van der Waals surface area (Å²) < 4.78 is 11.3. The van der Waals surface area contributed by atoms with Gasteiger partial charge in [-0.05, 0) is 19.3 Å². The second kappa shape index (κ2) is 8.67. The number of nitrogen functional groups attached to an aromatic ring is 1. The molecule has 3 N–H and O–H groups in total. The largest absolute Gasteiger partial charge is 0.385 e. The van der Waals surface area contributed by atoms with E-state index in [9.17, 15) is 14.4 Å². The zero-order valence-corrected chi connectivity index (χ0v) is 15.9. The molecule has 0 spiro atoms. The third-order valence-electron chi connectivity index (χ3n) is 3.85. The van der Waals surface area contributed by atoms with Gasteiger partial charge in [0.2, 0.25) is 5.76 Å². The number of ether oxygens (including phenoxy) is 1. The maximum absolute atomic E-state index is 12.9. The van der Waals surface area contributed by atoms with Crippen LogP contribution < -0.4 is 21.9 Å². The lowest BCUT2D eigenvalue weighted by atomic mass is 10.2. The second-order valence-electron chi connectivity index (χ2n) is 6.63. The Balaban J connectivity index is 2.56. The minimum atomic E-state index is -0.737. The van der Waals surface area contributed by atoms with Crippen LogP contribution in [0.2, 0.25) is 0 Å². The number of hydrogen-bond donors (Lipinski definition) is 2. The van der Waals surface area contributed by atoms with Crippen molar-refractivity contribution in [2.45, 2.75) is 33.7 Å². The molecule has 0 aliphatic heterocycles. The number of aromatic amines is 1. The maximum Gasteiger partial charge on any atom is 0.330 e. The van der Waals surface area contributed by atoms with Crippen LogP contribution in [-0.4, -0.2) is 40.9 Å². The lowest BCUT2D eigenvalue weighted by Crippen LogP contribution is -2.42. The van der Waals surface area contributed by atoms with Gasteiger partial charge in [-0.15, -0.1) is 0 Å². The van der Waals surface area contributed by atoms with Crippen LogP contribution >= 0.6 is 0 Å². The van der Waals surface area contributed by atoms with Gasteiger partial charge in [-0.2, -0.15) is 0 Å². The predicted molar refractivity (Wildman–Crippen MR) is 100.0 cm³/mol. The molecule has 0 bridgehead atoms. The van der Waals surface area contributed by atoms with Crippen molar-refractivity contribution in [1.82, 2.24) is 14.7 Å². The Morgan fingerprint density at radius 1 is 1.44 bits per heavy atom. The average Bonchev–Trinajstić information content (AvgIpc) is 3.03. The van der Waals surface area contributed by atoms with E-state index < -0.39 is 17.2 Å². The number of H-pyrrole nitrogens is 1. The van der Waals surface area contributed by atoms with Crippen LogP contribution in [0.25, 0.3) is 0 Å². The van der Waals surface area contributed by atoms with Crippen LogP contribution in [0.1, 0.15) is 36.5 Å². The fraction of sp³-hybridized carbons (Fsp3) is 0.529. The number of carbonyl (C=O) groups excluding carboxylic acids is 1. The van der Waals surface area contributed by atoms with Crippen LogP contribution in [0.4, 0.5) is 11.5 Å². The van der Waals surface area contributed by atoms with Crippen molar-refractivity contribution < 1.29 is 14.1 Å². The SMILES string of the molecule is COCCCN(C(=O)c1cc(C)no1)c1c(N)n(CC(C)C)c(=O)[nH]c1=O. The number of anilines is 2. The van der Waals surface area contributed by atoms with Crippen LogP contribution in [-0.2, 0) is 11.3 Å². The van der Waals surface area contributed by atoms with Gasteiger partial charge in [0.1, 0.15) is 5.82 Å². The maximum atomic E-state index is 12.9. The fourth-order valence-electron chi connectivity index (χ4n) is 2.66. The zero-order valence-electron chi connectivity index (χ0n) is 15.9. The molecule has 0 saturated heterocycles. The first-order chi connectivity index (χ1) is 12.8. The zero-order chi connectivity index (χ0) is 20.1. The van der Waals surface area contributed by atoms with E-state index in [2.05, 4.69) is 10.1 Å². The molecule has 0 aromatic carbocycles. The van der Waals surface area contributed by atoms with Gasteiger partial charge >= 0.3 is 5.69 Å². The highest BCUT2D eigenvalue weighted by Crippen LogP contribution is 2.21. The van der Waals surface area contributed by atoms with E-state index in [1.54, 1.807) is 6.92 Å². The first-order valence-electron chi connectivity index (χ1n) is 8.63. The molecule has 0 unspecified atom stereocenters. The van der Waals surface area contributed by atoms with Gasteiger partial charge in [-0.3, -0.25) is 24.0 Å². The second-order valence-corrected chi connectivity index (χ2v) is 6.63. The topological polar surface area (TPSA) is 136 Å². The monoisotopic (exact) mass is 379 g/mol. The highest BCUT2D eigenvalue weighted by atomic mass is 16.5. The molecule has 0 aliphatic carbocycles.